The number of benzene rings is 3. The Kier molecular flexibility index (Phi) is 6.09. The molecule has 0 saturated carbocycles. The van der Waals surface area contributed by atoms with E-state index in [9.17, 15) is 14.9 Å². The lowest BCUT2D eigenvalue weighted by Crippen LogP contribution is -2.37. The molecule has 0 atom stereocenters. The first kappa shape index (κ1) is 21.8. The van der Waals surface area contributed by atoms with Gasteiger partial charge >= 0.3 is 0 Å². The predicted molar refractivity (Wildman–Crippen MR) is 130 cm³/mol. The summed E-state index contributed by atoms with van der Waals surface area (Å²) in [7, 11) is 0. The molecule has 4 aromatic rings. The highest BCUT2D eigenvalue weighted by atomic mass is 32.2. The normalized spacial score (nSPS) is 12.9. The molecular formula is C25H21N5O3S. The van der Waals surface area contributed by atoms with Crippen LogP contribution in [-0.4, -0.2) is 42.8 Å². The van der Waals surface area contributed by atoms with Gasteiger partial charge in [0.15, 0.2) is 11.0 Å². The number of amides is 1. The summed E-state index contributed by atoms with van der Waals surface area (Å²) < 4.78 is 1.88. The largest absolute Gasteiger partial charge is 0.337 e. The average molecular weight is 472 g/mol. The van der Waals surface area contributed by atoms with E-state index in [1.807, 2.05) is 51.9 Å². The van der Waals surface area contributed by atoms with Gasteiger partial charge in [0.25, 0.3) is 5.69 Å². The van der Waals surface area contributed by atoms with E-state index in [0.29, 0.717) is 29.6 Å². The number of nitrogens with zero attached hydrogens (tertiary/aromatic N) is 5. The highest BCUT2D eigenvalue weighted by Gasteiger charge is 2.23. The molecule has 0 radical (unpaired) electrons. The van der Waals surface area contributed by atoms with Gasteiger partial charge in [0.2, 0.25) is 5.91 Å². The minimum absolute atomic E-state index is 0.0119. The fraction of sp³-hybridized carbons (Fsp3) is 0.160. The number of para-hydroxylation sites is 1. The molecule has 0 aliphatic carbocycles. The molecule has 170 valence electrons. The van der Waals surface area contributed by atoms with Crippen LogP contribution in [0.15, 0.2) is 84.0 Å². The first-order chi connectivity index (χ1) is 16.6. The van der Waals surface area contributed by atoms with Gasteiger partial charge in [0, 0.05) is 36.5 Å². The van der Waals surface area contributed by atoms with Crippen LogP contribution < -0.4 is 0 Å². The summed E-state index contributed by atoms with van der Waals surface area (Å²) in [6.45, 7) is 1.32. The summed E-state index contributed by atoms with van der Waals surface area (Å²) in [5.41, 5.74) is 4.06. The third kappa shape index (κ3) is 4.42. The lowest BCUT2D eigenvalue weighted by atomic mass is 10.00. The average Bonchev–Trinajstić information content (AvgIpc) is 3.31. The van der Waals surface area contributed by atoms with Gasteiger partial charge in [-0.15, -0.1) is 10.2 Å². The Labute approximate surface area is 200 Å². The van der Waals surface area contributed by atoms with E-state index in [2.05, 4.69) is 22.3 Å². The molecule has 0 spiro atoms. The zero-order valence-corrected chi connectivity index (χ0v) is 19.0. The van der Waals surface area contributed by atoms with Crippen LogP contribution in [0.2, 0.25) is 0 Å². The predicted octanol–water partition coefficient (Wildman–Crippen LogP) is 4.52. The van der Waals surface area contributed by atoms with Crippen LogP contribution in [0.1, 0.15) is 11.1 Å². The second kappa shape index (κ2) is 9.48. The number of hydrogen-bond acceptors (Lipinski definition) is 6. The zero-order valence-electron chi connectivity index (χ0n) is 18.2. The number of carbonyl (C=O) groups is 1. The molecule has 0 fully saturated rings. The molecule has 34 heavy (non-hydrogen) atoms. The molecule has 5 rings (SSSR count). The van der Waals surface area contributed by atoms with Crippen LogP contribution in [0.25, 0.3) is 17.1 Å². The van der Waals surface area contributed by atoms with Crippen LogP contribution >= 0.6 is 11.8 Å². The van der Waals surface area contributed by atoms with E-state index in [1.54, 1.807) is 12.1 Å². The van der Waals surface area contributed by atoms with E-state index >= 15 is 0 Å². The van der Waals surface area contributed by atoms with Crippen molar-refractivity contribution in [2.45, 2.75) is 18.1 Å². The minimum Gasteiger partial charge on any atom is -0.337 e. The van der Waals surface area contributed by atoms with Crippen molar-refractivity contribution in [3.05, 3.63) is 100 Å². The lowest BCUT2D eigenvalue weighted by molar-refractivity contribution is -0.384. The number of rotatable bonds is 6. The van der Waals surface area contributed by atoms with Crippen molar-refractivity contribution in [1.29, 1.82) is 0 Å². The van der Waals surface area contributed by atoms with E-state index in [-0.39, 0.29) is 17.3 Å². The molecule has 0 bridgehead atoms. The SMILES string of the molecule is O=C(CSc1nnc(-c2ccc([N+](=O)[O-])cc2)n1-c1ccccc1)N1CCc2ccccc2C1. The number of fused-ring (bicyclic) bond motifs is 1. The molecule has 1 aliphatic heterocycles. The Bertz CT molecular complexity index is 1340. The Morgan fingerprint density at radius 2 is 1.65 bits per heavy atom. The Morgan fingerprint density at radius 3 is 2.38 bits per heavy atom. The maximum atomic E-state index is 13.0. The van der Waals surface area contributed by atoms with Crippen LogP contribution in [0.4, 0.5) is 5.69 Å². The number of nitro groups is 1. The number of non-ortho nitro benzene ring substituents is 1. The molecule has 3 aromatic carbocycles. The van der Waals surface area contributed by atoms with Crippen LogP contribution in [0.5, 0.6) is 0 Å². The van der Waals surface area contributed by atoms with Gasteiger partial charge in [0.1, 0.15) is 0 Å². The van der Waals surface area contributed by atoms with Crippen LogP contribution in [0, 0.1) is 10.1 Å². The minimum atomic E-state index is -0.433. The summed E-state index contributed by atoms with van der Waals surface area (Å²) in [5, 5.41) is 20.3. The second-order valence-electron chi connectivity index (χ2n) is 7.90. The Balaban J connectivity index is 1.39. The highest BCUT2D eigenvalue weighted by Crippen LogP contribution is 2.29. The molecule has 8 nitrogen and oxygen atoms in total. The smallest absolute Gasteiger partial charge is 0.269 e. The standard InChI is InChI=1S/C25H21N5O3S/c31-23(28-15-14-18-6-4-5-7-20(18)16-28)17-34-25-27-26-24(29(25)21-8-2-1-3-9-21)19-10-12-22(13-11-19)30(32)33/h1-13H,14-17H2. The van der Waals surface area contributed by atoms with Crippen molar-refractivity contribution < 1.29 is 9.72 Å². The van der Waals surface area contributed by atoms with Crippen molar-refractivity contribution in [3.8, 4) is 17.1 Å². The van der Waals surface area contributed by atoms with Crippen molar-refractivity contribution in [1.82, 2.24) is 19.7 Å². The van der Waals surface area contributed by atoms with Gasteiger partial charge in [-0.3, -0.25) is 19.5 Å². The topological polar surface area (TPSA) is 94.2 Å². The van der Waals surface area contributed by atoms with E-state index in [1.165, 1.54) is 35.0 Å². The molecule has 0 unspecified atom stereocenters. The van der Waals surface area contributed by atoms with Gasteiger partial charge in [0.05, 0.1) is 10.7 Å². The van der Waals surface area contributed by atoms with E-state index in [0.717, 1.165) is 12.1 Å². The van der Waals surface area contributed by atoms with Gasteiger partial charge in [-0.05, 0) is 41.8 Å². The summed E-state index contributed by atoms with van der Waals surface area (Å²) >= 11 is 1.34. The molecule has 1 aromatic heterocycles. The monoisotopic (exact) mass is 471 g/mol. The second-order valence-corrected chi connectivity index (χ2v) is 8.85. The van der Waals surface area contributed by atoms with Gasteiger partial charge in [-0.25, -0.2) is 0 Å². The Morgan fingerprint density at radius 1 is 0.941 bits per heavy atom. The maximum Gasteiger partial charge on any atom is 0.269 e. The fourth-order valence-electron chi connectivity index (χ4n) is 4.02. The maximum absolute atomic E-state index is 13.0. The number of nitro benzene ring substituents is 1. The number of hydrogen-bond donors (Lipinski definition) is 0. The molecule has 1 amide bonds. The highest BCUT2D eigenvalue weighted by molar-refractivity contribution is 7.99. The first-order valence-corrected chi connectivity index (χ1v) is 11.8. The number of aromatic nitrogens is 3. The summed E-state index contributed by atoms with van der Waals surface area (Å²) in [6.07, 6.45) is 0.858. The summed E-state index contributed by atoms with van der Waals surface area (Å²) in [6, 6.07) is 24.1. The van der Waals surface area contributed by atoms with Crippen LogP contribution in [-0.2, 0) is 17.8 Å². The third-order valence-electron chi connectivity index (χ3n) is 5.79. The van der Waals surface area contributed by atoms with Crippen molar-refractivity contribution in [3.63, 3.8) is 0 Å². The lowest BCUT2D eigenvalue weighted by Gasteiger charge is -2.28. The Hall–Kier alpha value is -3.98. The van der Waals surface area contributed by atoms with Gasteiger partial charge < -0.3 is 4.90 Å². The summed E-state index contributed by atoms with van der Waals surface area (Å²) in [4.78, 5) is 25.5. The molecule has 0 saturated heterocycles. The van der Waals surface area contributed by atoms with Crippen molar-refractivity contribution in [2.75, 3.05) is 12.3 Å². The fourth-order valence-corrected chi connectivity index (χ4v) is 4.87. The van der Waals surface area contributed by atoms with Crippen molar-refractivity contribution in [2.24, 2.45) is 0 Å². The number of thioether (sulfide) groups is 1. The third-order valence-corrected chi connectivity index (χ3v) is 6.71. The van der Waals surface area contributed by atoms with E-state index in [4.69, 9.17) is 0 Å². The molecule has 2 heterocycles. The molecule has 0 N–H and O–H groups in total. The zero-order chi connectivity index (χ0) is 23.5. The molecule has 9 heteroatoms. The first-order valence-electron chi connectivity index (χ1n) is 10.8. The van der Waals surface area contributed by atoms with Crippen molar-refractivity contribution >= 4 is 23.4 Å². The number of carbonyl (C=O) groups excluding carboxylic acids is 1. The van der Waals surface area contributed by atoms with E-state index < -0.39 is 4.92 Å². The summed E-state index contributed by atoms with van der Waals surface area (Å²) in [5.74, 6) is 0.856. The van der Waals surface area contributed by atoms with Gasteiger partial charge in [-0.1, -0.05) is 54.2 Å². The van der Waals surface area contributed by atoms with Crippen LogP contribution in [0.3, 0.4) is 0 Å². The molecule has 1 aliphatic rings. The molecular weight excluding hydrogens is 450 g/mol. The van der Waals surface area contributed by atoms with Gasteiger partial charge in [-0.2, -0.15) is 0 Å². The quantitative estimate of drug-likeness (QED) is 0.233.